The maximum absolute atomic E-state index is 14.3. The summed E-state index contributed by atoms with van der Waals surface area (Å²) in [6.07, 6.45) is 5.47. The summed E-state index contributed by atoms with van der Waals surface area (Å²) < 4.78 is 41.0. The van der Waals surface area contributed by atoms with Crippen LogP contribution < -0.4 is 4.72 Å². The lowest BCUT2D eigenvalue weighted by molar-refractivity contribution is -0.136. The van der Waals surface area contributed by atoms with E-state index in [9.17, 15) is 22.4 Å². The fourth-order valence-corrected chi connectivity index (χ4v) is 5.22. The monoisotopic (exact) mass is 439 g/mol. The predicted octanol–water partition coefficient (Wildman–Crippen LogP) is 2.38. The largest absolute Gasteiger partial charge is 0.342 e. The molecule has 1 N–H and O–H groups in total. The Labute approximate surface area is 177 Å². The van der Waals surface area contributed by atoms with Crippen LogP contribution in [0, 0.1) is 11.7 Å². The van der Waals surface area contributed by atoms with Gasteiger partial charge < -0.3 is 9.80 Å². The van der Waals surface area contributed by atoms with E-state index in [0.717, 1.165) is 57.0 Å². The lowest BCUT2D eigenvalue weighted by Gasteiger charge is -2.34. The topological polar surface area (TPSA) is 86.8 Å². The number of piperidine rings is 1. The van der Waals surface area contributed by atoms with Gasteiger partial charge in [-0.15, -0.1) is 0 Å². The molecule has 3 rings (SSSR count). The van der Waals surface area contributed by atoms with Gasteiger partial charge in [-0.3, -0.25) is 9.59 Å². The second-order valence-corrected chi connectivity index (χ2v) is 9.72. The molecule has 2 amide bonds. The van der Waals surface area contributed by atoms with Crippen LogP contribution in [0.2, 0.25) is 0 Å². The molecular weight excluding hydrogens is 409 g/mol. The fraction of sp³-hybridized carbons (Fsp3) is 0.619. The van der Waals surface area contributed by atoms with Crippen molar-refractivity contribution in [1.82, 2.24) is 14.5 Å². The first-order valence-corrected chi connectivity index (χ1v) is 12.2. The van der Waals surface area contributed by atoms with Gasteiger partial charge >= 0.3 is 0 Å². The first-order valence-electron chi connectivity index (χ1n) is 10.7. The summed E-state index contributed by atoms with van der Waals surface area (Å²) in [6.45, 7) is 4.15. The number of benzene rings is 1. The Bertz CT molecular complexity index is 874. The third-order valence-corrected chi connectivity index (χ3v) is 7.41. The molecule has 2 heterocycles. The number of carbonyl (C=O) groups is 2. The van der Waals surface area contributed by atoms with E-state index >= 15 is 0 Å². The van der Waals surface area contributed by atoms with E-state index in [0.29, 0.717) is 25.9 Å². The van der Waals surface area contributed by atoms with Crippen LogP contribution in [-0.2, 0) is 14.8 Å². The Morgan fingerprint density at radius 1 is 1.03 bits per heavy atom. The van der Waals surface area contributed by atoms with Gasteiger partial charge in [-0.25, -0.2) is 17.5 Å². The Kier molecular flexibility index (Phi) is 7.46. The maximum atomic E-state index is 14.3. The van der Waals surface area contributed by atoms with Gasteiger partial charge in [0, 0.05) is 38.6 Å². The summed E-state index contributed by atoms with van der Waals surface area (Å²) in [6, 6.07) is 3.24. The van der Waals surface area contributed by atoms with E-state index in [1.807, 2.05) is 4.90 Å². The number of rotatable bonds is 5. The number of nitrogens with zero attached hydrogens (tertiary/aromatic N) is 2. The molecule has 0 unspecified atom stereocenters. The number of carbonyl (C=O) groups excluding carboxylic acids is 2. The van der Waals surface area contributed by atoms with Crippen LogP contribution in [-0.4, -0.2) is 62.8 Å². The first-order chi connectivity index (χ1) is 14.3. The maximum Gasteiger partial charge on any atom is 0.256 e. The van der Waals surface area contributed by atoms with E-state index in [1.165, 1.54) is 4.90 Å². The molecular formula is C21H30FN3O4S. The van der Waals surface area contributed by atoms with Gasteiger partial charge in [-0.05, 0) is 43.9 Å². The summed E-state index contributed by atoms with van der Waals surface area (Å²) in [7, 11) is -3.79. The lowest BCUT2D eigenvalue weighted by Crippen LogP contribution is -2.44. The molecule has 0 atom stereocenters. The van der Waals surface area contributed by atoms with Crippen LogP contribution in [0.3, 0.4) is 0 Å². The van der Waals surface area contributed by atoms with Gasteiger partial charge in [0.25, 0.3) is 5.91 Å². The van der Waals surface area contributed by atoms with Gasteiger partial charge in [-0.1, -0.05) is 19.8 Å². The van der Waals surface area contributed by atoms with Gasteiger partial charge in [0.1, 0.15) is 5.82 Å². The van der Waals surface area contributed by atoms with Crippen LogP contribution in [0.5, 0.6) is 0 Å². The zero-order valence-corrected chi connectivity index (χ0v) is 18.2. The summed E-state index contributed by atoms with van der Waals surface area (Å²) in [5.74, 6) is -1.24. The smallest absolute Gasteiger partial charge is 0.256 e. The Morgan fingerprint density at radius 3 is 2.27 bits per heavy atom. The van der Waals surface area contributed by atoms with Crippen molar-refractivity contribution in [2.24, 2.45) is 5.92 Å². The molecule has 0 radical (unpaired) electrons. The molecule has 1 aromatic carbocycles. The molecule has 2 saturated heterocycles. The van der Waals surface area contributed by atoms with Gasteiger partial charge in [0.05, 0.1) is 10.5 Å². The highest BCUT2D eigenvalue weighted by molar-refractivity contribution is 7.89. The third kappa shape index (κ3) is 5.18. The summed E-state index contributed by atoms with van der Waals surface area (Å²) in [4.78, 5) is 29.0. The summed E-state index contributed by atoms with van der Waals surface area (Å²) in [5.41, 5.74) is -0.258. The standard InChI is InChI=1S/C21H30FN3O4S/c1-2-23-30(28,29)17-7-8-19(22)18(15-17)21(27)25-13-9-16(10-14-25)20(26)24-11-5-3-4-6-12-24/h7-8,15-16,23H,2-6,9-14H2,1H3. The van der Waals surface area contributed by atoms with E-state index < -0.39 is 21.7 Å². The average molecular weight is 440 g/mol. The van der Waals surface area contributed by atoms with Crippen molar-refractivity contribution in [2.45, 2.75) is 50.3 Å². The first kappa shape index (κ1) is 22.7. The highest BCUT2D eigenvalue weighted by Gasteiger charge is 2.32. The Morgan fingerprint density at radius 2 is 1.67 bits per heavy atom. The quantitative estimate of drug-likeness (QED) is 0.763. The molecule has 0 spiro atoms. The Balaban J connectivity index is 1.66. The van der Waals surface area contributed by atoms with Crippen molar-refractivity contribution in [3.8, 4) is 0 Å². The third-order valence-electron chi connectivity index (χ3n) is 5.86. The number of halogens is 1. The normalized spacial score (nSPS) is 18.9. The van der Waals surface area contributed by atoms with E-state index in [2.05, 4.69) is 4.72 Å². The highest BCUT2D eigenvalue weighted by Crippen LogP contribution is 2.24. The van der Waals surface area contributed by atoms with Gasteiger partial charge in [0.15, 0.2) is 0 Å². The average Bonchev–Trinajstić information content (AvgIpc) is 3.02. The molecule has 0 bridgehead atoms. The second kappa shape index (κ2) is 9.87. The van der Waals surface area contributed by atoms with Crippen molar-refractivity contribution in [1.29, 1.82) is 0 Å². The number of nitrogens with one attached hydrogen (secondary N) is 1. The van der Waals surface area contributed by atoms with Gasteiger partial charge in [-0.2, -0.15) is 0 Å². The minimum Gasteiger partial charge on any atom is -0.342 e. The number of sulfonamides is 1. The van der Waals surface area contributed by atoms with Crippen molar-refractivity contribution < 1.29 is 22.4 Å². The van der Waals surface area contributed by atoms with Crippen molar-refractivity contribution in [3.05, 3.63) is 29.6 Å². The van der Waals surface area contributed by atoms with Crippen LogP contribution in [0.1, 0.15) is 55.8 Å². The predicted molar refractivity (Wildman–Crippen MR) is 111 cm³/mol. The molecule has 2 aliphatic heterocycles. The molecule has 2 fully saturated rings. The highest BCUT2D eigenvalue weighted by atomic mass is 32.2. The Hall–Kier alpha value is -2.00. The molecule has 7 nitrogen and oxygen atoms in total. The van der Waals surface area contributed by atoms with Crippen LogP contribution in [0.15, 0.2) is 23.1 Å². The van der Waals surface area contributed by atoms with Gasteiger partial charge in [0.2, 0.25) is 15.9 Å². The van der Waals surface area contributed by atoms with Crippen molar-refractivity contribution in [3.63, 3.8) is 0 Å². The molecule has 166 valence electrons. The molecule has 9 heteroatoms. The molecule has 0 saturated carbocycles. The molecule has 1 aromatic rings. The van der Waals surface area contributed by atoms with Crippen molar-refractivity contribution in [2.75, 3.05) is 32.7 Å². The van der Waals surface area contributed by atoms with E-state index in [4.69, 9.17) is 0 Å². The molecule has 0 aromatic heterocycles. The SMILES string of the molecule is CCNS(=O)(=O)c1ccc(F)c(C(=O)N2CCC(C(=O)N3CCCCCC3)CC2)c1. The number of hydrogen-bond acceptors (Lipinski definition) is 4. The number of likely N-dealkylation sites (tertiary alicyclic amines) is 2. The van der Waals surface area contributed by atoms with Crippen LogP contribution >= 0.6 is 0 Å². The number of hydrogen-bond donors (Lipinski definition) is 1. The zero-order valence-electron chi connectivity index (χ0n) is 17.4. The summed E-state index contributed by atoms with van der Waals surface area (Å²) in [5, 5.41) is 0. The molecule has 2 aliphatic rings. The summed E-state index contributed by atoms with van der Waals surface area (Å²) >= 11 is 0. The van der Waals surface area contributed by atoms with Crippen LogP contribution in [0.4, 0.5) is 4.39 Å². The molecule has 0 aliphatic carbocycles. The fourth-order valence-electron chi connectivity index (χ4n) is 4.16. The number of amides is 2. The minimum atomic E-state index is -3.79. The van der Waals surface area contributed by atoms with Crippen LogP contribution in [0.25, 0.3) is 0 Å². The minimum absolute atomic E-state index is 0.113. The second-order valence-electron chi connectivity index (χ2n) is 7.95. The van der Waals surface area contributed by atoms with E-state index in [-0.39, 0.29) is 28.8 Å². The lowest BCUT2D eigenvalue weighted by atomic mass is 9.94. The molecule has 30 heavy (non-hydrogen) atoms. The zero-order chi connectivity index (χ0) is 21.7. The van der Waals surface area contributed by atoms with Crippen molar-refractivity contribution >= 4 is 21.8 Å². The van der Waals surface area contributed by atoms with E-state index in [1.54, 1.807) is 6.92 Å².